The van der Waals surface area contributed by atoms with Crippen LogP contribution in [0.5, 0.6) is 23.1 Å². The Hall–Kier alpha value is -4.39. The van der Waals surface area contributed by atoms with Gasteiger partial charge in [0.25, 0.3) is 5.91 Å². The summed E-state index contributed by atoms with van der Waals surface area (Å²) in [7, 11) is 0. The van der Waals surface area contributed by atoms with Crippen molar-refractivity contribution in [3.8, 4) is 23.1 Å². The van der Waals surface area contributed by atoms with E-state index in [0.717, 1.165) is 62.1 Å². The van der Waals surface area contributed by atoms with Crippen LogP contribution in [0.2, 0.25) is 0 Å². The lowest BCUT2D eigenvalue weighted by atomic mass is 9.90. The lowest BCUT2D eigenvalue weighted by Gasteiger charge is -2.29. The minimum atomic E-state index is -0.608. The zero-order valence-electron chi connectivity index (χ0n) is 26.2. The number of pyridine rings is 1. The van der Waals surface area contributed by atoms with Gasteiger partial charge in [-0.1, -0.05) is 82.2 Å². The normalized spacial score (nSPS) is 19.7. The van der Waals surface area contributed by atoms with Gasteiger partial charge in [0.05, 0.1) is 11.7 Å². The van der Waals surface area contributed by atoms with Gasteiger partial charge in [-0.25, -0.2) is 4.98 Å². The summed E-state index contributed by atoms with van der Waals surface area (Å²) in [6, 6.07) is 20.2. The Morgan fingerprint density at radius 1 is 0.778 bits per heavy atom. The number of amides is 2. The van der Waals surface area contributed by atoms with Gasteiger partial charge in [0, 0.05) is 6.54 Å². The predicted octanol–water partition coefficient (Wildman–Crippen LogP) is 8.86. The number of fused-ring (bicyclic) bond motifs is 3. The summed E-state index contributed by atoms with van der Waals surface area (Å²) < 4.78 is 12.1. The summed E-state index contributed by atoms with van der Waals surface area (Å²) in [6.07, 6.45) is 17.3. The summed E-state index contributed by atoms with van der Waals surface area (Å²) in [4.78, 5) is 32.4. The van der Waals surface area contributed by atoms with Crippen molar-refractivity contribution >= 4 is 17.4 Å². The fraction of sp³-hybridized carbons (Fsp3) is 0.395. The molecule has 0 saturated carbocycles. The highest BCUT2D eigenvalue weighted by atomic mass is 16.5. The van der Waals surface area contributed by atoms with Crippen molar-refractivity contribution < 1.29 is 19.1 Å². The number of nitrogens with zero attached hydrogens (tertiary/aromatic N) is 2. The number of hydrogen-bond acceptors (Lipinski definition) is 5. The first-order valence-corrected chi connectivity index (χ1v) is 16.5. The smallest absolute Gasteiger partial charge is 0.254 e. The molecule has 2 atom stereocenters. The molecule has 2 amide bonds. The molecule has 2 aliphatic rings. The highest BCUT2D eigenvalue weighted by Gasteiger charge is 2.27. The molecule has 2 bridgehead atoms. The first kappa shape index (κ1) is 32.0. The number of carbonyl (C=O) groups excluding carboxylic acids is 2. The fourth-order valence-electron chi connectivity index (χ4n) is 6.41. The Bertz CT molecular complexity index is 1470. The summed E-state index contributed by atoms with van der Waals surface area (Å²) in [6.45, 7) is 4.52. The van der Waals surface area contributed by atoms with Crippen LogP contribution >= 0.6 is 0 Å². The third-order valence-corrected chi connectivity index (χ3v) is 8.86. The van der Waals surface area contributed by atoms with E-state index in [0.29, 0.717) is 17.4 Å². The van der Waals surface area contributed by atoms with Crippen molar-refractivity contribution in [2.24, 2.45) is 11.7 Å². The van der Waals surface area contributed by atoms with E-state index in [-0.39, 0.29) is 23.4 Å². The maximum absolute atomic E-state index is 13.1. The molecule has 1 aliphatic heterocycles. The third kappa shape index (κ3) is 9.07. The standard InChI is InChI=1S/C38H45N3O4/c1-2-36(42)41-25-13-8-6-4-3-5-7-10-14-28-17-18-30(41)27-29(26-28)35-24-23-34(37(39)43)38(40-35)45-33-21-19-32(20-22-33)44-31-15-11-9-12-16-31/h2,9,11-12,15-16,19-24,27-28,30H,1,3-8,10,13-14,17-18,25-26H2,(H2,39,43). The molecule has 3 aromatic rings. The maximum Gasteiger partial charge on any atom is 0.254 e. The van der Waals surface area contributed by atoms with E-state index in [2.05, 4.69) is 12.7 Å². The van der Waals surface area contributed by atoms with Crippen LogP contribution in [-0.2, 0) is 4.79 Å². The van der Waals surface area contributed by atoms with Gasteiger partial charge in [0.2, 0.25) is 11.8 Å². The van der Waals surface area contributed by atoms with Crippen LogP contribution in [0.3, 0.4) is 0 Å². The summed E-state index contributed by atoms with van der Waals surface area (Å²) >= 11 is 0. The molecule has 7 heteroatoms. The number of nitrogens with two attached hydrogens (primary N) is 1. The second-order valence-corrected chi connectivity index (χ2v) is 12.2. The molecule has 0 radical (unpaired) electrons. The van der Waals surface area contributed by atoms with E-state index < -0.39 is 5.91 Å². The Labute approximate surface area is 267 Å². The molecule has 2 unspecified atom stereocenters. The molecule has 2 aromatic carbocycles. The molecule has 7 nitrogen and oxygen atoms in total. The van der Waals surface area contributed by atoms with Gasteiger partial charge in [0.1, 0.15) is 22.8 Å². The molecular weight excluding hydrogens is 562 g/mol. The number of primary amides is 1. The molecule has 1 saturated heterocycles. The summed E-state index contributed by atoms with van der Waals surface area (Å²) in [5.74, 6) is 1.93. The second kappa shape index (κ2) is 16.1. The predicted molar refractivity (Wildman–Crippen MR) is 178 cm³/mol. The van der Waals surface area contributed by atoms with Crippen molar-refractivity contribution in [1.29, 1.82) is 0 Å². The van der Waals surface area contributed by atoms with E-state index in [1.807, 2.05) is 53.4 Å². The molecular formula is C38H45N3O4. The SMILES string of the molecule is C=CC(=O)N1CCCCCCCCCCC2CCC1C=C(c1ccc(C(N)=O)c(Oc3ccc(Oc4ccccc4)cc3)n1)C2. The van der Waals surface area contributed by atoms with Crippen LogP contribution in [0.1, 0.15) is 93.1 Å². The van der Waals surface area contributed by atoms with Gasteiger partial charge in [0.15, 0.2) is 0 Å². The molecule has 1 aliphatic carbocycles. The highest BCUT2D eigenvalue weighted by Crippen LogP contribution is 2.36. The first-order valence-electron chi connectivity index (χ1n) is 16.5. The number of allylic oxidation sites excluding steroid dienone is 1. The molecule has 2 heterocycles. The summed E-state index contributed by atoms with van der Waals surface area (Å²) in [5.41, 5.74) is 7.77. The van der Waals surface area contributed by atoms with Crippen molar-refractivity contribution in [3.63, 3.8) is 0 Å². The Morgan fingerprint density at radius 2 is 1.42 bits per heavy atom. The average Bonchev–Trinajstić information content (AvgIpc) is 3.27. The van der Waals surface area contributed by atoms with Crippen LogP contribution in [-0.4, -0.2) is 34.3 Å². The largest absolute Gasteiger partial charge is 0.457 e. The molecule has 1 fully saturated rings. The van der Waals surface area contributed by atoms with Crippen LogP contribution in [0.15, 0.2) is 85.5 Å². The number of aromatic nitrogens is 1. The van der Waals surface area contributed by atoms with Gasteiger partial charge >= 0.3 is 0 Å². The van der Waals surface area contributed by atoms with Gasteiger partial charge in [-0.05, 0) is 91.8 Å². The lowest BCUT2D eigenvalue weighted by Crippen LogP contribution is -2.39. The molecule has 5 rings (SSSR count). The third-order valence-electron chi connectivity index (χ3n) is 8.86. The van der Waals surface area contributed by atoms with Crippen LogP contribution in [0.25, 0.3) is 5.57 Å². The van der Waals surface area contributed by atoms with E-state index in [1.165, 1.54) is 44.6 Å². The van der Waals surface area contributed by atoms with Crippen molar-refractivity contribution in [3.05, 3.63) is 96.7 Å². The number of benzene rings is 2. The van der Waals surface area contributed by atoms with Gasteiger partial charge < -0.3 is 20.1 Å². The second-order valence-electron chi connectivity index (χ2n) is 12.2. The molecule has 236 valence electrons. The van der Waals surface area contributed by atoms with Gasteiger partial charge in [-0.15, -0.1) is 0 Å². The molecule has 1 aromatic heterocycles. The monoisotopic (exact) mass is 607 g/mol. The van der Waals surface area contributed by atoms with E-state index in [4.69, 9.17) is 20.2 Å². The number of para-hydroxylation sites is 1. The van der Waals surface area contributed by atoms with Crippen LogP contribution < -0.4 is 15.2 Å². The van der Waals surface area contributed by atoms with Gasteiger partial charge in [-0.2, -0.15) is 0 Å². The number of ether oxygens (including phenoxy) is 2. The quantitative estimate of drug-likeness (QED) is 0.271. The van der Waals surface area contributed by atoms with Crippen LogP contribution in [0, 0.1) is 5.92 Å². The van der Waals surface area contributed by atoms with Gasteiger partial charge in [-0.3, -0.25) is 9.59 Å². The highest BCUT2D eigenvalue weighted by molar-refractivity contribution is 5.95. The molecule has 0 spiro atoms. The zero-order chi connectivity index (χ0) is 31.4. The Kier molecular flexibility index (Phi) is 11.4. The van der Waals surface area contributed by atoms with E-state index in [1.54, 1.807) is 18.2 Å². The fourth-order valence-corrected chi connectivity index (χ4v) is 6.41. The number of rotatable bonds is 7. The van der Waals surface area contributed by atoms with E-state index >= 15 is 0 Å². The van der Waals surface area contributed by atoms with Crippen molar-refractivity contribution in [1.82, 2.24) is 9.88 Å². The van der Waals surface area contributed by atoms with Crippen molar-refractivity contribution in [2.45, 2.75) is 83.1 Å². The Balaban J connectivity index is 1.43. The minimum Gasteiger partial charge on any atom is -0.457 e. The lowest BCUT2D eigenvalue weighted by molar-refractivity contribution is -0.127. The Morgan fingerprint density at radius 3 is 2.11 bits per heavy atom. The minimum absolute atomic E-state index is 0.0286. The molecule has 2 N–H and O–H groups in total. The first-order chi connectivity index (χ1) is 22.0. The number of hydrogen-bond donors (Lipinski definition) is 1. The maximum atomic E-state index is 13.1. The number of carbonyl (C=O) groups is 2. The zero-order valence-corrected chi connectivity index (χ0v) is 26.2. The molecule has 45 heavy (non-hydrogen) atoms. The van der Waals surface area contributed by atoms with Crippen molar-refractivity contribution in [2.75, 3.05) is 6.54 Å². The summed E-state index contributed by atoms with van der Waals surface area (Å²) in [5, 5.41) is 0. The van der Waals surface area contributed by atoms with Crippen LogP contribution in [0.4, 0.5) is 0 Å². The topological polar surface area (TPSA) is 94.8 Å². The van der Waals surface area contributed by atoms with E-state index in [9.17, 15) is 9.59 Å². The average molecular weight is 608 g/mol.